The van der Waals surface area contributed by atoms with Crippen molar-refractivity contribution in [1.82, 2.24) is 5.32 Å². The molecule has 2 aromatic rings. The van der Waals surface area contributed by atoms with Crippen molar-refractivity contribution in [2.45, 2.75) is 26.8 Å². The number of amides is 1. The van der Waals surface area contributed by atoms with Gasteiger partial charge >= 0.3 is 6.09 Å². The van der Waals surface area contributed by atoms with Crippen LogP contribution in [0, 0.1) is 6.92 Å². The summed E-state index contributed by atoms with van der Waals surface area (Å²) in [6.07, 6.45) is -0.423. The monoisotopic (exact) mass is 269 g/mol. The average Bonchev–Trinajstić information content (AvgIpc) is 2.41. The van der Waals surface area contributed by atoms with Gasteiger partial charge in [0.05, 0.1) is 0 Å². The van der Waals surface area contributed by atoms with E-state index < -0.39 is 6.09 Å². The maximum Gasteiger partial charge on any atom is 0.412 e. The topological polar surface area (TPSA) is 38.3 Å². The largest absolute Gasteiger partial charge is 0.412 e. The van der Waals surface area contributed by atoms with Gasteiger partial charge in [0.25, 0.3) is 0 Å². The highest BCUT2D eigenvalue weighted by Gasteiger charge is 2.09. The molecule has 20 heavy (non-hydrogen) atoms. The zero-order valence-electron chi connectivity index (χ0n) is 12.0. The Balaban J connectivity index is 2.23. The molecule has 0 aromatic heterocycles. The molecule has 3 heteroatoms. The summed E-state index contributed by atoms with van der Waals surface area (Å²) in [6, 6.07) is 15.9. The number of carbonyl (C=O) groups excluding carboxylic acids is 1. The maximum absolute atomic E-state index is 11.7. The van der Waals surface area contributed by atoms with E-state index in [1.807, 2.05) is 69.3 Å². The predicted molar refractivity (Wildman–Crippen MR) is 80.9 cm³/mol. The molecule has 1 amide bonds. The minimum absolute atomic E-state index is 0.0557. The second-order valence-electron chi connectivity index (χ2n) is 5.03. The van der Waals surface area contributed by atoms with E-state index in [0.717, 1.165) is 16.7 Å². The summed E-state index contributed by atoms with van der Waals surface area (Å²) in [6.45, 7) is 5.72. The highest BCUT2D eigenvalue weighted by molar-refractivity contribution is 5.73. The number of hydrogen-bond acceptors (Lipinski definition) is 2. The van der Waals surface area contributed by atoms with Crippen LogP contribution < -0.4 is 10.1 Å². The first-order chi connectivity index (χ1) is 9.56. The summed E-state index contributed by atoms with van der Waals surface area (Å²) < 4.78 is 5.37. The number of benzene rings is 2. The fourth-order valence-corrected chi connectivity index (χ4v) is 1.89. The standard InChI is InChI=1S/C17H19NO2/c1-12(2)18-17(19)20-16-11-15(10-9-13(16)3)14-7-5-4-6-8-14/h4-12H,1-3H3,(H,18,19). The Labute approximate surface area is 119 Å². The molecule has 0 fully saturated rings. The lowest BCUT2D eigenvalue weighted by molar-refractivity contribution is 0.197. The third kappa shape index (κ3) is 3.60. The van der Waals surface area contributed by atoms with Crippen molar-refractivity contribution in [2.24, 2.45) is 0 Å². The molecule has 3 nitrogen and oxygen atoms in total. The normalized spacial score (nSPS) is 10.4. The van der Waals surface area contributed by atoms with Crippen molar-refractivity contribution in [3.05, 3.63) is 54.1 Å². The lowest BCUT2D eigenvalue weighted by Gasteiger charge is -2.12. The molecule has 0 aliphatic heterocycles. The Bertz CT molecular complexity index is 591. The van der Waals surface area contributed by atoms with Gasteiger partial charge in [0.15, 0.2) is 0 Å². The Morgan fingerprint density at radius 1 is 1.05 bits per heavy atom. The number of carbonyl (C=O) groups is 1. The van der Waals surface area contributed by atoms with Gasteiger partial charge in [-0.05, 0) is 43.5 Å². The van der Waals surface area contributed by atoms with Crippen LogP contribution in [0.3, 0.4) is 0 Å². The fourth-order valence-electron chi connectivity index (χ4n) is 1.89. The summed E-state index contributed by atoms with van der Waals surface area (Å²) in [4.78, 5) is 11.7. The number of hydrogen-bond donors (Lipinski definition) is 1. The number of aryl methyl sites for hydroxylation is 1. The predicted octanol–water partition coefficient (Wildman–Crippen LogP) is 4.16. The Kier molecular flexibility index (Phi) is 4.41. The number of nitrogens with one attached hydrogen (secondary N) is 1. The van der Waals surface area contributed by atoms with E-state index in [0.29, 0.717) is 5.75 Å². The van der Waals surface area contributed by atoms with Gasteiger partial charge in [-0.25, -0.2) is 4.79 Å². The molecule has 0 bridgehead atoms. The van der Waals surface area contributed by atoms with Crippen LogP contribution in [-0.4, -0.2) is 12.1 Å². The van der Waals surface area contributed by atoms with Crippen LogP contribution in [0.2, 0.25) is 0 Å². The molecule has 104 valence electrons. The minimum atomic E-state index is -0.423. The Morgan fingerprint density at radius 2 is 1.75 bits per heavy atom. The second kappa shape index (κ2) is 6.24. The fraction of sp³-hybridized carbons (Fsp3) is 0.235. The van der Waals surface area contributed by atoms with Crippen LogP contribution in [-0.2, 0) is 0 Å². The quantitative estimate of drug-likeness (QED) is 0.908. The summed E-state index contributed by atoms with van der Waals surface area (Å²) in [7, 11) is 0. The Morgan fingerprint density at radius 3 is 2.40 bits per heavy atom. The molecular weight excluding hydrogens is 250 g/mol. The summed E-state index contributed by atoms with van der Waals surface area (Å²) in [5.74, 6) is 0.588. The zero-order valence-corrected chi connectivity index (χ0v) is 12.0. The van der Waals surface area contributed by atoms with E-state index in [9.17, 15) is 4.79 Å². The first kappa shape index (κ1) is 14.1. The van der Waals surface area contributed by atoms with Gasteiger partial charge in [-0.15, -0.1) is 0 Å². The molecule has 2 aromatic carbocycles. The van der Waals surface area contributed by atoms with E-state index in [2.05, 4.69) is 5.32 Å². The van der Waals surface area contributed by atoms with Gasteiger partial charge in [-0.1, -0.05) is 42.5 Å². The van der Waals surface area contributed by atoms with Crippen molar-refractivity contribution in [2.75, 3.05) is 0 Å². The highest BCUT2D eigenvalue weighted by atomic mass is 16.6. The van der Waals surface area contributed by atoms with E-state index >= 15 is 0 Å². The first-order valence-electron chi connectivity index (χ1n) is 6.70. The van der Waals surface area contributed by atoms with Gasteiger partial charge in [-0.3, -0.25) is 0 Å². The van der Waals surface area contributed by atoms with Gasteiger partial charge < -0.3 is 10.1 Å². The van der Waals surface area contributed by atoms with Crippen molar-refractivity contribution in [3.8, 4) is 16.9 Å². The van der Waals surface area contributed by atoms with Gasteiger partial charge in [-0.2, -0.15) is 0 Å². The van der Waals surface area contributed by atoms with Crippen molar-refractivity contribution in [1.29, 1.82) is 0 Å². The molecule has 0 radical (unpaired) electrons. The van der Waals surface area contributed by atoms with E-state index in [1.54, 1.807) is 0 Å². The lowest BCUT2D eigenvalue weighted by Crippen LogP contribution is -2.32. The van der Waals surface area contributed by atoms with Crippen LogP contribution in [0.1, 0.15) is 19.4 Å². The van der Waals surface area contributed by atoms with E-state index in [1.165, 1.54) is 0 Å². The molecule has 1 N–H and O–H groups in total. The van der Waals surface area contributed by atoms with Crippen LogP contribution in [0.15, 0.2) is 48.5 Å². The molecule has 0 unspecified atom stereocenters. The van der Waals surface area contributed by atoms with Crippen LogP contribution >= 0.6 is 0 Å². The van der Waals surface area contributed by atoms with Crippen LogP contribution in [0.5, 0.6) is 5.75 Å². The molecule has 0 aliphatic rings. The van der Waals surface area contributed by atoms with E-state index in [-0.39, 0.29) is 6.04 Å². The molecule has 2 rings (SSSR count). The third-order valence-electron chi connectivity index (χ3n) is 2.90. The van der Waals surface area contributed by atoms with Gasteiger partial charge in [0, 0.05) is 6.04 Å². The molecule has 0 atom stereocenters. The Hall–Kier alpha value is -2.29. The molecular formula is C17H19NO2. The lowest BCUT2D eigenvalue weighted by atomic mass is 10.0. The molecule has 0 spiro atoms. The van der Waals surface area contributed by atoms with Crippen LogP contribution in [0.4, 0.5) is 4.79 Å². The molecule has 0 aliphatic carbocycles. The molecule has 0 saturated heterocycles. The molecule has 0 saturated carbocycles. The smallest absolute Gasteiger partial charge is 0.410 e. The van der Waals surface area contributed by atoms with Crippen LogP contribution in [0.25, 0.3) is 11.1 Å². The highest BCUT2D eigenvalue weighted by Crippen LogP contribution is 2.26. The summed E-state index contributed by atoms with van der Waals surface area (Å²) >= 11 is 0. The summed E-state index contributed by atoms with van der Waals surface area (Å²) in [5.41, 5.74) is 3.06. The second-order valence-corrected chi connectivity index (χ2v) is 5.03. The maximum atomic E-state index is 11.7. The van der Waals surface area contributed by atoms with Crippen molar-refractivity contribution < 1.29 is 9.53 Å². The van der Waals surface area contributed by atoms with E-state index in [4.69, 9.17) is 4.74 Å². The van der Waals surface area contributed by atoms with Gasteiger partial charge in [0.1, 0.15) is 5.75 Å². The number of rotatable bonds is 3. The third-order valence-corrected chi connectivity index (χ3v) is 2.90. The minimum Gasteiger partial charge on any atom is -0.410 e. The van der Waals surface area contributed by atoms with Gasteiger partial charge in [0.2, 0.25) is 0 Å². The average molecular weight is 269 g/mol. The summed E-state index contributed by atoms with van der Waals surface area (Å²) in [5, 5.41) is 2.72. The number of ether oxygens (including phenoxy) is 1. The first-order valence-corrected chi connectivity index (χ1v) is 6.70. The van der Waals surface area contributed by atoms with Crippen molar-refractivity contribution in [3.63, 3.8) is 0 Å². The zero-order chi connectivity index (χ0) is 14.5. The van der Waals surface area contributed by atoms with Crippen molar-refractivity contribution >= 4 is 6.09 Å². The molecule has 0 heterocycles. The SMILES string of the molecule is Cc1ccc(-c2ccccc2)cc1OC(=O)NC(C)C.